The van der Waals surface area contributed by atoms with E-state index in [1.807, 2.05) is 41.4 Å². The molecule has 0 spiro atoms. The van der Waals surface area contributed by atoms with Crippen LogP contribution in [-0.4, -0.2) is 30.3 Å². The maximum atomic E-state index is 5.61. The third-order valence-electron chi connectivity index (χ3n) is 2.33. The molecule has 2 N–H and O–H groups in total. The van der Waals surface area contributed by atoms with Crippen molar-refractivity contribution in [3.05, 3.63) is 24.3 Å². The molecule has 2 rings (SSSR count). The Bertz CT molecular complexity index is 392. The van der Waals surface area contributed by atoms with E-state index in [1.165, 1.54) is 11.8 Å². The van der Waals surface area contributed by atoms with Crippen molar-refractivity contribution in [1.29, 1.82) is 0 Å². The van der Waals surface area contributed by atoms with Crippen LogP contribution >= 0.6 is 11.8 Å². The number of hydrogen-bond acceptors (Lipinski definition) is 6. The van der Waals surface area contributed by atoms with Crippen molar-refractivity contribution in [2.45, 2.75) is 0 Å². The maximum absolute atomic E-state index is 5.61. The topological polar surface area (TPSA) is 54.1 Å². The van der Waals surface area contributed by atoms with Gasteiger partial charge in [-0.15, -0.1) is 5.10 Å². The molecule has 6 heteroatoms. The highest BCUT2D eigenvalue weighted by atomic mass is 32.2. The number of nitrogens with two attached hydrogens (primary N) is 1. The van der Waals surface area contributed by atoms with E-state index < -0.39 is 0 Å². The van der Waals surface area contributed by atoms with E-state index in [2.05, 4.69) is 5.10 Å². The molecule has 0 saturated carbocycles. The van der Waals surface area contributed by atoms with Crippen molar-refractivity contribution >= 4 is 22.6 Å². The second-order valence-electron chi connectivity index (χ2n) is 3.31. The van der Waals surface area contributed by atoms with Crippen molar-refractivity contribution in [2.24, 2.45) is 10.8 Å². The predicted octanol–water partition coefficient (Wildman–Crippen LogP) is 1.28. The smallest absolute Gasteiger partial charge is 0.181 e. The molecular formula is C10H14N4OS. The van der Waals surface area contributed by atoms with Gasteiger partial charge in [0.1, 0.15) is 11.6 Å². The summed E-state index contributed by atoms with van der Waals surface area (Å²) in [5.74, 6) is 1.59. The number of thioether (sulfide) groups is 1. The average Bonchev–Trinajstić information content (AvgIpc) is 2.75. The number of nitrogens with zero attached hydrogens (tertiary/aromatic N) is 3. The van der Waals surface area contributed by atoms with Gasteiger partial charge in [0.05, 0.1) is 12.8 Å². The molecule has 0 amide bonds. The number of benzene rings is 1. The molecule has 1 aliphatic heterocycles. The van der Waals surface area contributed by atoms with Crippen LogP contribution in [0.3, 0.4) is 0 Å². The molecule has 1 aromatic carbocycles. The van der Waals surface area contributed by atoms with Gasteiger partial charge in [0, 0.05) is 7.05 Å². The van der Waals surface area contributed by atoms with Crippen LogP contribution in [0.4, 0.5) is 5.69 Å². The lowest BCUT2D eigenvalue weighted by Crippen LogP contribution is -2.33. The maximum Gasteiger partial charge on any atom is 0.181 e. The van der Waals surface area contributed by atoms with Crippen molar-refractivity contribution in [2.75, 3.05) is 25.0 Å². The summed E-state index contributed by atoms with van der Waals surface area (Å²) >= 11 is 1.52. The summed E-state index contributed by atoms with van der Waals surface area (Å²) in [7, 11) is 3.60. The van der Waals surface area contributed by atoms with Crippen molar-refractivity contribution < 1.29 is 4.74 Å². The number of amidine groups is 1. The Morgan fingerprint density at radius 1 is 1.44 bits per heavy atom. The van der Waals surface area contributed by atoms with Crippen LogP contribution in [0.15, 0.2) is 29.4 Å². The van der Waals surface area contributed by atoms with Crippen LogP contribution < -0.4 is 15.5 Å². The minimum atomic E-state index is 0.598. The quantitative estimate of drug-likeness (QED) is 0.859. The van der Waals surface area contributed by atoms with Crippen LogP contribution in [0.25, 0.3) is 0 Å². The van der Waals surface area contributed by atoms with Gasteiger partial charge in [-0.2, -0.15) is 5.12 Å². The molecule has 16 heavy (non-hydrogen) atoms. The van der Waals surface area contributed by atoms with E-state index in [1.54, 1.807) is 7.11 Å². The molecule has 0 aliphatic carbocycles. The first-order valence-corrected chi connectivity index (χ1v) is 5.81. The Kier molecular flexibility index (Phi) is 3.09. The molecule has 0 radical (unpaired) electrons. The fourth-order valence-corrected chi connectivity index (χ4v) is 2.01. The molecular weight excluding hydrogens is 224 g/mol. The lowest BCUT2D eigenvalue weighted by molar-refractivity contribution is 0.336. The summed E-state index contributed by atoms with van der Waals surface area (Å²) in [6.07, 6.45) is 0. The molecule has 0 aromatic heterocycles. The molecule has 0 unspecified atom stereocenters. The summed E-state index contributed by atoms with van der Waals surface area (Å²) in [6, 6.07) is 7.80. The molecule has 0 fully saturated rings. The van der Waals surface area contributed by atoms with Crippen LogP contribution in [0.5, 0.6) is 5.75 Å². The van der Waals surface area contributed by atoms with Gasteiger partial charge in [0.15, 0.2) is 5.17 Å². The van der Waals surface area contributed by atoms with Gasteiger partial charge < -0.3 is 10.5 Å². The van der Waals surface area contributed by atoms with E-state index in [9.17, 15) is 0 Å². The first-order valence-electron chi connectivity index (χ1n) is 4.83. The van der Waals surface area contributed by atoms with Crippen molar-refractivity contribution in [3.8, 4) is 5.75 Å². The Balaban J connectivity index is 2.11. The predicted molar refractivity (Wildman–Crippen MR) is 67.3 cm³/mol. The van der Waals surface area contributed by atoms with Crippen LogP contribution in [-0.2, 0) is 0 Å². The molecule has 86 valence electrons. The molecule has 5 nitrogen and oxygen atoms in total. The number of hydrazone groups is 1. The molecule has 1 aromatic rings. The zero-order valence-electron chi connectivity index (χ0n) is 9.25. The third-order valence-corrected chi connectivity index (χ3v) is 3.07. The third kappa shape index (κ3) is 2.16. The summed E-state index contributed by atoms with van der Waals surface area (Å²) in [6.45, 7) is 0. The standard InChI is InChI=1S/C10H14N4OS/c1-13(14-7-16-10(11)12-14)8-3-5-9(15-2)6-4-8/h3-6H,7H2,1-2H3,(H2,11,12). The first kappa shape index (κ1) is 10.9. The largest absolute Gasteiger partial charge is 0.497 e. The highest BCUT2D eigenvalue weighted by Gasteiger charge is 2.16. The van der Waals surface area contributed by atoms with Crippen LogP contribution in [0, 0.1) is 0 Å². The number of hydrazine groups is 1. The van der Waals surface area contributed by atoms with E-state index in [0.717, 1.165) is 17.3 Å². The molecule has 0 atom stereocenters. The number of hydrogen-bond donors (Lipinski definition) is 1. The SMILES string of the molecule is COc1ccc(N(C)N2CSC(N)=N2)cc1. The number of methoxy groups -OCH3 is 1. The number of rotatable bonds is 3. The Labute approximate surface area is 98.8 Å². The molecule has 1 aliphatic rings. The fraction of sp³-hybridized carbons (Fsp3) is 0.300. The van der Waals surface area contributed by atoms with Gasteiger partial charge in [-0.25, -0.2) is 0 Å². The minimum absolute atomic E-state index is 0.598. The monoisotopic (exact) mass is 238 g/mol. The summed E-state index contributed by atoms with van der Waals surface area (Å²) in [5, 5.41) is 8.56. The first-order chi connectivity index (χ1) is 7.70. The van der Waals surface area contributed by atoms with Crippen LogP contribution in [0.2, 0.25) is 0 Å². The Hall–Kier alpha value is -1.56. The fourth-order valence-electron chi connectivity index (χ4n) is 1.38. The van der Waals surface area contributed by atoms with Gasteiger partial charge in [-0.05, 0) is 24.3 Å². The molecule has 1 heterocycles. The number of ether oxygens (including phenoxy) is 1. The van der Waals surface area contributed by atoms with Crippen LogP contribution in [0.1, 0.15) is 0 Å². The van der Waals surface area contributed by atoms with Gasteiger partial charge in [-0.3, -0.25) is 5.01 Å². The Morgan fingerprint density at radius 2 is 2.12 bits per heavy atom. The van der Waals surface area contributed by atoms with Crippen molar-refractivity contribution in [3.63, 3.8) is 0 Å². The second kappa shape index (κ2) is 4.52. The van der Waals surface area contributed by atoms with Gasteiger partial charge in [-0.1, -0.05) is 11.8 Å². The van der Waals surface area contributed by atoms with Gasteiger partial charge in [0.25, 0.3) is 0 Å². The normalized spacial score (nSPS) is 14.9. The van der Waals surface area contributed by atoms with E-state index >= 15 is 0 Å². The van der Waals surface area contributed by atoms with E-state index in [0.29, 0.717) is 5.17 Å². The minimum Gasteiger partial charge on any atom is -0.497 e. The summed E-state index contributed by atoms with van der Waals surface area (Å²) in [5.41, 5.74) is 6.65. The highest BCUT2D eigenvalue weighted by molar-refractivity contribution is 8.13. The zero-order chi connectivity index (χ0) is 11.5. The molecule has 0 bridgehead atoms. The van der Waals surface area contributed by atoms with Gasteiger partial charge >= 0.3 is 0 Å². The second-order valence-corrected chi connectivity index (χ2v) is 4.27. The highest BCUT2D eigenvalue weighted by Crippen LogP contribution is 2.23. The average molecular weight is 238 g/mol. The van der Waals surface area contributed by atoms with Gasteiger partial charge in [0.2, 0.25) is 0 Å². The summed E-state index contributed by atoms with van der Waals surface area (Å²) in [4.78, 5) is 0. The lowest BCUT2D eigenvalue weighted by atomic mass is 10.3. The lowest BCUT2D eigenvalue weighted by Gasteiger charge is -2.27. The Morgan fingerprint density at radius 3 is 2.62 bits per heavy atom. The zero-order valence-corrected chi connectivity index (χ0v) is 10.1. The molecule has 0 saturated heterocycles. The van der Waals surface area contributed by atoms with E-state index in [-0.39, 0.29) is 0 Å². The summed E-state index contributed by atoms with van der Waals surface area (Å²) < 4.78 is 5.11. The van der Waals surface area contributed by atoms with Crippen molar-refractivity contribution in [1.82, 2.24) is 5.12 Å². The number of anilines is 1. The van der Waals surface area contributed by atoms with E-state index in [4.69, 9.17) is 10.5 Å².